The summed E-state index contributed by atoms with van der Waals surface area (Å²) in [6, 6.07) is 0. The van der Waals surface area contributed by atoms with E-state index >= 15 is 0 Å². The van der Waals surface area contributed by atoms with Crippen molar-refractivity contribution in [1.29, 1.82) is 0 Å². The van der Waals surface area contributed by atoms with Gasteiger partial charge in [0, 0.05) is 0 Å². The molecule has 0 fully saturated rings. The molecule has 198 valence electrons. The molecule has 12 heteroatoms. The Morgan fingerprint density at radius 2 is 0.531 bits per heavy atom. The summed E-state index contributed by atoms with van der Waals surface area (Å²) in [4.78, 5) is 0. The van der Waals surface area contributed by atoms with E-state index in [0.29, 0.717) is 20.6 Å². The van der Waals surface area contributed by atoms with E-state index in [-0.39, 0.29) is 15.8 Å². The van der Waals surface area contributed by atoms with Crippen molar-refractivity contribution in [2.24, 2.45) is 0 Å². The highest BCUT2D eigenvalue weighted by atomic mass is 31.1. The van der Waals surface area contributed by atoms with Crippen LogP contribution in [0.5, 0.6) is 0 Å². The van der Waals surface area contributed by atoms with Crippen LogP contribution in [-0.2, 0) is 0 Å². The Bertz CT molecular complexity index is 411. The zero-order valence-corrected chi connectivity index (χ0v) is 23.7. The molecule has 0 rings (SSSR count). The molecule has 0 atom stereocenters. The molecule has 0 unspecified atom stereocenters. The number of hydrogen-bond donors (Lipinski definition) is 0. The summed E-state index contributed by atoms with van der Waals surface area (Å²) in [6.07, 6.45) is 5.73. The number of hydrogen-bond acceptors (Lipinski definition) is 0. The first-order chi connectivity index (χ1) is 13.5. The summed E-state index contributed by atoms with van der Waals surface area (Å²) in [5, 5.41) is 1.91. The summed E-state index contributed by atoms with van der Waals surface area (Å²) >= 11 is 0. The largest absolute Gasteiger partial charge is 0.673 e. The van der Waals surface area contributed by atoms with Crippen molar-refractivity contribution in [3.05, 3.63) is 0 Å². The maximum atomic E-state index is 9.75. The minimum atomic E-state index is -6.00. The lowest BCUT2D eigenvalue weighted by Gasteiger charge is -2.43. The highest BCUT2D eigenvalue weighted by molar-refractivity contribution is 7.61. The minimum absolute atomic E-state index is 0.0774. The SMILES string of the molecule is CC(C)(C)P(CCCCP(C(C)(C)C)C(C)(C)C)C(C)(C)C.F[B-](F)(F)F.F[B-](F)(F)F. The van der Waals surface area contributed by atoms with Gasteiger partial charge in [0.25, 0.3) is 0 Å². The fourth-order valence-corrected chi connectivity index (χ4v) is 11.7. The lowest BCUT2D eigenvalue weighted by atomic mass is 10.2. The molecule has 0 nitrogen and oxygen atoms in total. The third kappa shape index (κ3) is 26.7. The average Bonchev–Trinajstić information content (AvgIpc) is 2.32. The molecule has 0 bridgehead atoms. The van der Waals surface area contributed by atoms with Crippen LogP contribution in [0.25, 0.3) is 0 Å². The molecule has 0 aromatic heterocycles. The van der Waals surface area contributed by atoms with Gasteiger partial charge in [-0.2, -0.15) is 0 Å². The Hall–Kier alpha value is 0.430. The average molecular weight is 520 g/mol. The quantitative estimate of drug-likeness (QED) is 0.147. The normalized spacial score (nSPS) is 14.1. The number of halogens is 8. The maximum absolute atomic E-state index is 9.75. The molecule has 0 saturated carbocycles. The fraction of sp³-hybridized carbons (Fsp3) is 1.00. The van der Waals surface area contributed by atoms with Gasteiger partial charge in [0.1, 0.15) is 0 Å². The second-order valence-corrected chi connectivity index (χ2v) is 19.7. The number of rotatable bonds is 5. The molecule has 0 aliphatic carbocycles. The summed E-state index contributed by atoms with van der Waals surface area (Å²) < 4.78 is 78.0. The van der Waals surface area contributed by atoms with E-state index in [1.807, 2.05) is 0 Å². The van der Waals surface area contributed by atoms with Gasteiger partial charge in [0.15, 0.2) is 0 Å². The molecule has 0 spiro atoms. The zero-order chi connectivity index (χ0) is 27.0. The van der Waals surface area contributed by atoms with E-state index < -0.39 is 14.5 Å². The van der Waals surface area contributed by atoms with Crippen LogP contribution >= 0.6 is 15.8 Å². The van der Waals surface area contributed by atoms with Crippen LogP contribution in [-0.4, -0.2) is 47.5 Å². The third-order valence-electron chi connectivity index (χ3n) is 4.25. The van der Waals surface area contributed by atoms with Crippen LogP contribution in [0.3, 0.4) is 0 Å². The van der Waals surface area contributed by atoms with Crippen LogP contribution < -0.4 is 0 Å². The second kappa shape index (κ2) is 13.5. The second-order valence-electron chi connectivity index (χ2n) is 11.7. The van der Waals surface area contributed by atoms with Gasteiger partial charge >= 0.3 is 14.5 Å². The van der Waals surface area contributed by atoms with Crippen molar-refractivity contribution < 1.29 is 34.5 Å². The first-order valence-electron chi connectivity index (χ1n) is 10.8. The Balaban J connectivity index is -0.000000695. The van der Waals surface area contributed by atoms with E-state index in [4.69, 9.17) is 0 Å². The van der Waals surface area contributed by atoms with Gasteiger partial charge in [0.2, 0.25) is 0 Å². The van der Waals surface area contributed by atoms with Crippen LogP contribution in [0.15, 0.2) is 0 Å². The maximum Gasteiger partial charge on any atom is 0.673 e. The Morgan fingerprint density at radius 1 is 0.406 bits per heavy atom. The molecular weight excluding hydrogens is 476 g/mol. The molecule has 0 radical (unpaired) electrons. The van der Waals surface area contributed by atoms with Gasteiger partial charge in [-0.1, -0.05) is 98.9 Å². The van der Waals surface area contributed by atoms with Crippen molar-refractivity contribution in [1.82, 2.24) is 0 Å². The first kappa shape index (κ1) is 37.0. The van der Waals surface area contributed by atoms with E-state index in [0.717, 1.165) is 0 Å². The molecule has 0 aromatic carbocycles. The van der Waals surface area contributed by atoms with Crippen molar-refractivity contribution in [3.8, 4) is 0 Å². The molecule has 0 heterocycles. The van der Waals surface area contributed by atoms with Gasteiger partial charge < -0.3 is 34.5 Å². The Morgan fingerprint density at radius 3 is 0.625 bits per heavy atom. The minimum Gasteiger partial charge on any atom is -0.418 e. The zero-order valence-electron chi connectivity index (χ0n) is 21.9. The first-order valence-corrected chi connectivity index (χ1v) is 13.8. The highest BCUT2D eigenvalue weighted by Gasteiger charge is 2.35. The lowest BCUT2D eigenvalue weighted by molar-refractivity contribution is 0.366. The summed E-state index contributed by atoms with van der Waals surface area (Å²) in [5.74, 6) is 0. The Labute approximate surface area is 194 Å². The molecule has 0 aliphatic heterocycles. The van der Waals surface area contributed by atoms with E-state index in [2.05, 4.69) is 83.1 Å². The van der Waals surface area contributed by atoms with E-state index in [1.54, 1.807) is 0 Å². The van der Waals surface area contributed by atoms with Gasteiger partial charge in [-0.25, -0.2) is 0 Å². The smallest absolute Gasteiger partial charge is 0.418 e. The predicted molar refractivity (Wildman–Crippen MR) is 132 cm³/mol. The van der Waals surface area contributed by atoms with Crippen LogP contribution in [0.2, 0.25) is 0 Å². The number of unbranched alkanes of at least 4 members (excludes halogenated alkanes) is 1. The van der Waals surface area contributed by atoms with Gasteiger partial charge in [-0.3, -0.25) is 0 Å². The molecule has 0 saturated heterocycles. The van der Waals surface area contributed by atoms with E-state index in [1.165, 1.54) is 25.2 Å². The highest BCUT2D eigenvalue weighted by Crippen LogP contribution is 2.61. The van der Waals surface area contributed by atoms with Crippen LogP contribution in [0.1, 0.15) is 95.9 Å². The van der Waals surface area contributed by atoms with Crippen molar-refractivity contribution in [2.75, 3.05) is 12.3 Å². The lowest BCUT2D eigenvalue weighted by Crippen LogP contribution is -2.27. The van der Waals surface area contributed by atoms with Gasteiger partial charge in [-0.15, -0.1) is 0 Å². The predicted octanol–water partition coefficient (Wildman–Crippen LogP) is 10.5. The standard InChI is InChI=1S/C20H44P2.2BF4/c1-17(2,3)21(18(4,5)6)15-13-14-16-22(19(7,8)9)20(10,11)12;2*2-1(3,4)5/h13-16H2,1-12H3;;/q;2*-1. The van der Waals surface area contributed by atoms with Gasteiger partial charge in [-0.05, 0) is 45.8 Å². The molecule has 0 amide bonds. The molecule has 0 N–H and O–H groups in total. The summed E-state index contributed by atoms with van der Waals surface area (Å²) in [6.45, 7) is 29.3. The summed E-state index contributed by atoms with van der Waals surface area (Å²) in [5.41, 5.74) is 0. The monoisotopic (exact) mass is 520 g/mol. The molecule has 0 aliphatic rings. The van der Waals surface area contributed by atoms with Crippen LogP contribution in [0, 0.1) is 0 Å². The molecule has 32 heavy (non-hydrogen) atoms. The van der Waals surface area contributed by atoms with Crippen molar-refractivity contribution >= 4 is 30.4 Å². The van der Waals surface area contributed by atoms with Crippen molar-refractivity contribution in [3.63, 3.8) is 0 Å². The Kier molecular flexibility index (Phi) is 15.6. The van der Waals surface area contributed by atoms with Gasteiger partial charge in [0.05, 0.1) is 0 Å². The topological polar surface area (TPSA) is 0 Å². The molecule has 0 aromatic rings. The third-order valence-corrected chi connectivity index (χ3v) is 12.3. The molecular formula is C20H44B2F8P2-2. The summed E-state index contributed by atoms with van der Waals surface area (Å²) in [7, 11) is -11.8. The fourth-order valence-electron chi connectivity index (χ4n) is 3.89. The van der Waals surface area contributed by atoms with Crippen LogP contribution in [0.4, 0.5) is 34.5 Å². The van der Waals surface area contributed by atoms with E-state index in [9.17, 15) is 34.5 Å². The van der Waals surface area contributed by atoms with Crippen molar-refractivity contribution in [2.45, 2.75) is 117 Å².